The Morgan fingerprint density at radius 1 is 1.05 bits per heavy atom. The van der Waals surface area contributed by atoms with E-state index in [0.717, 1.165) is 15.2 Å². The first-order valence-electron chi connectivity index (χ1n) is 5.90. The minimum absolute atomic E-state index is 0.265. The van der Waals surface area contributed by atoms with Crippen molar-refractivity contribution >= 4 is 49.9 Å². The van der Waals surface area contributed by atoms with Gasteiger partial charge in [0.15, 0.2) is 5.69 Å². The van der Waals surface area contributed by atoms with Crippen LogP contribution in [0.3, 0.4) is 0 Å². The molecule has 7 heteroatoms. The molecule has 0 atom stereocenters. The molecular weight excluding hydrogens is 354 g/mol. The summed E-state index contributed by atoms with van der Waals surface area (Å²) in [6.45, 7) is 0. The number of halogens is 2. The van der Waals surface area contributed by atoms with Crippen molar-refractivity contribution in [1.29, 1.82) is 5.26 Å². The Labute approximate surface area is 133 Å². The topological polar surface area (TPSA) is 74.5 Å². The number of benzene rings is 1. The van der Waals surface area contributed by atoms with Crippen LogP contribution < -0.4 is 5.32 Å². The van der Waals surface area contributed by atoms with Gasteiger partial charge >= 0.3 is 0 Å². The van der Waals surface area contributed by atoms with Crippen molar-refractivity contribution in [3.8, 4) is 6.07 Å². The zero-order valence-electron chi connectivity index (χ0n) is 10.5. The van der Waals surface area contributed by atoms with Crippen molar-refractivity contribution in [2.45, 2.75) is 0 Å². The molecule has 0 aliphatic carbocycles. The summed E-state index contributed by atoms with van der Waals surface area (Å²) in [7, 11) is 0. The van der Waals surface area contributed by atoms with Gasteiger partial charge in [-0.25, -0.2) is 15.0 Å². The average Bonchev–Trinajstić information content (AvgIpc) is 2.52. The summed E-state index contributed by atoms with van der Waals surface area (Å²) in [5.41, 5.74) is 0.265. The fraction of sp³-hybridized carbons (Fsp3) is 0. The van der Waals surface area contributed by atoms with Gasteiger partial charge in [0, 0.05) is 21.4 Å². The van der Waals surface area contributed by atoms with E-state index in [9.17, 15) is 0 Å². The summed E-state index contributed by atoms with van der Waals surface area (Å²) in [6, 6.07) is 7.48. The molecule has 1 N–H and O–H groups in total. The van der Waals surface area contributed by atoms with Gasteiger partial charge in [-0.3, -0.25) is 0 Å². The Morgan fingerprint density at radius 3 is 2.57 bits per heavy atom. The van der Waals surface area contributed by atoms with Gasteiger partial charge in [0.25, 0.3) is 0 Å². The number of nitrogens with one attached hydrogen (secondary N) is 1. The maximum atomic E-state index is 8.69. The molecule has 0 amide bonds. The summed E-state index contributed by atoms with van der Waals surface area (Å²) >= 11 is 9.63. The maximum absolute atomic E-state index is 8.69. The minimum atomic E-state index is 0.265. The van der Waals surface area contributed by atoms with E-state index in [0.29, 0.717) is 16.7 Å². The van der Waals surface area contributed by atoms with Crippen molar-refractivity contribution < 1.29 is 0 Å². The highest BCUT2D eigenvalue weighted by Gasteiger charge is 2.06. The van der Waals surface area contributed by atoms with Crippen LogP contribution in [0.4, 0.5) is 11.6 Å². The van der Waals surface area contributed by atoms with Gasteiger partial charge in [0.1, 0.15) is 17.7 Å². The second kappa shape index (κ2) is 5.64. The van der Waals surface area contributed by atoms with Gasteiger partial charge in [-0.2, -0.15) is 5.26 Å². The van der Waals surface area contributed by atoms with Crippen LogP contribution >= 0.6 is 27.5 Å². The number of fused-ring (bicyclic) bond motifs is 1. The number of nitriles is 1. The van der Waals surface area contributed by atoms with Gasteiger partial charge in [-0.05, 0) is 18.2 Å². The van der Waals surface area contributed by atoms with Crippen molar-refractivity contribution in [2.75, 3.05) is 5.32 Å². The molecule has 0 fully saturated rings. The first kappa shape index (κ1) is 13.7. The molecular formula is C14H7BrClN5. The van der Waals surface area contributed by atoms with E-state index in [1.807, 2.05) is 24.3 Å². The van der Waals surface area contributed by atoms with Gasteiger partial charge in [-0.15, -0.1) is 0 Å². The van der Waals surface area contributed by atoms with E-state index < -0.39 is 0 Å². The van der Waals surface area contributed by atoms with Crippen LogP contribution in [0, 0.1) is 11.3 Å². The second-order valence-corrected chi connectivity index (χ2v) is 5.43. The van der Waals surface area contributed by atoms with E-state index >= 15 is 0 Å². The fourth-order valence-electron chi connectivity index (χ4n) is 1.82. The lowest BCUT2D eigenvalue weighted by atomic mass is 10.2. The van der Waals surface area contributed by atoms with Crippen LogP contribution in [0.25, 0.3) is 10.8 Å². The highest BCUT2D eigenvalue weighted by molar-refractivity contribution is 9.10. The SMILES string of the molecule is N#Cc1cnc(Nc2cc3c(Br)ccc(Cl)c3cn2)cn1. The second-order valence-electron chi connectivity index (χ2n) is 4.17. The molecule has 3 aromatic rings. The van der Waals surface area contributed by atoms with Gasteiger partial charge in [-0.1, -0.05) is 27.5 Å². The molecule has 2 aromatic heterocycles. The summed E-state index contributed by atoms with van der Waals surface area (Å²) < 4.78 is 0.929. The first-order valence-corrected chi connectivity index (χ1v) is 7.07. The number of hydrogen-bond acceptors (Lipinski definition) is 5. The lowest BCUT2D eigenvalue weighted by Gasteiger charge is -2.07. The molecule has 5 nitrogen and oxygen atoms in total. The largest absolute Gasteiger partial charge is 0.324 e. The molecule has 0 aliphatic rings. The summed E-state index contributed by atoms with van der Waals surface area (Å²) in [5.74, 6) is 1.13. The quantitative estimate of drug-likeness (QED) is 0.746. The maximum Gasteiger partial charge on any atom is 0.158 e. The van der Waals surface area contributed by atoms with Crippen LogP contribution in [-0.4, -0.2) is 15.0 Å². The molecule has 0 aliphatic heterocycles. The summed E-state index contributed by atoms with van der Waals surface area (Å²) in [5, 5.41) is 14.2. The number of rotatable bonds is 2. The number of anilines is 2. The molecule has 102 valence electrons. The third-order valence-corrected chi connectivity index (χ3v) is 3.84. The van der Waals surface area contributed by atoms with Crippen molar-refractivity contribution in [2.24, 2.45) is 0 Å². The van der Waals surface area contributed by atoms with Gasteiger partial charge in [0.05, 0.1) is 17.4 Å². The van der Waals surface area contributed by atoms with E-state index in [-0.39, 0.29) is 5.69 Å². The molecule has 0 saturated heterocycles. The fourth-order valence-corrected chi connectivity index (χ4v) is 2.49. The van der Waals surface area contributed by atoms with Crippen LogP contribution in [0.1, 0.15) is 5.69 Å². The first-order chi connectivity index (χ1) is 10.2. The number of nitrogens with zero attached hydrogens (tertiary/aromatic N) is 4. The van der Waals surface area contributed by atoms with Crippen LogP contribution in [0.15, 0.2) is 41.3 Å². The monoisotopic (exact) mass is 359 g/mol. The standard InChI is InChI=1S/C14H7BrClN5/c15-11-1-2-12(16)10-6-20-13(3-9(10)11)21-14-7-18-8(4-17)5-19-14/h1-3,5-7H,(H,19,20,21). The predicted octanol–water partition coefficient (Wildman–Crippen LogP) is 4.06. The van der Waals surface area contributed by atoms with Crippen LogP contribution in [0.5, 0.6) is 0 Å². The van der Waals surface area contributed by atoms with Crippen LogP contribution in [-0.2, 0) is 0 Å². The van der Waals surface area contributed by atoms with Crippen molar-refractivity contribution in [3.05, 3.63) is 52.0 Å². The highest BCUT2D eigenvalue weighted by atomic mass is 79.9. The molecule has 0 unspecified atom stereocenters. The Balaban J connectivity index is 1.97. The number of pyridine rings is 1. The zero-order valence-corrected chi connectivity index (χ0v) is 12.9. The molecule has 0 bridgehead atoms. The summed E-state index contributed by atoms with van der Waals surface area (Å²) in [4.78, 5) is 12.3. The Morgan fingerprint density at radius 2 is 1.86 bits per heavy atom. The van der Waals surface area contributed by atoms with Crippen molar-refractivity contribution in [1.82, 2.24) is 15.0 Å². The highest BCUT2D eigenvalue weighted by Crippen LogP contribution is 2.31. The Hall–Kier alpha value is -2.23. The molecule has 21 heavy (non-hydrogen) atoms. The molecule has 3 rings (SSSR count). The van der Waals surface area contributed by atoms with Gasteiger partial charge in [0.2, 0.25) is 0 Å². The normalized spacial score (nSPS) is 10.3. The molecule has 0 saturated carbocycles. The Bertz CT molecular complexity index is 858. The lowest BCUT2D eigenvalue weighted by molar-refractivity contribution is 1.15. The third-order valence-electron chi connectivity index (χ3n) is 2.82. The van der Waals surface area contributed by atoms with E-state index in [4.69, 9.17) is 16.9 Å². The summed E-state index contributed by atoms with van der Waals surface area (Å²) in [6.07, 6.45) is 4.58. The molecule has 0 spiro atoms. The lowest BCUT2D eigenvalue weighted by Crippen LogP contribution is -1.97. The number of aromatic nitrogens is 3. The average molecular weight is 361 g/mol. The zero-order chi connectivity index (χ0) is 14.8. The predicted molar refractivity (Wildman–Crippen MR) is 84.5 cm³/mol. The van der Waals surface area contributed by atoms with Gasteiger partial charge < -0.3 is 5.32 Å². The Kier molecular flexibility index (Phi) is 3.69. The van der Waals surface area contributed by atoms with E-state index in [1.54, 1.807) is 6.20 Å². The van der Waals surface area contributed by atoms with E-state index in [1.165, 1.54) is 12.4 Å². The third kappa shape index (κ3) is 2.79. The molecule has 0 radical (unpaired) electrons. The minimum Gasteiger partial charge on any atom is -0.324 e. The molecule has 1 aromatic carbocycles. The van der Waals surface area contributed by atoms with Crippen molar-refractivity contribution in [3.63, 3.8) is 0 Å². The smallest absolute Gasteiger partial charge is 0.158 e. The van der Waals surface area contributed by atoms with E-state index in [2.05, 4.69) is 36.2 Å². The molecule has 2 heterocycles. The number of hydrogen-bond donors (Lipinski definition) is 1. The van der Waals surface area contributed by atoms with Crippen LogP contribution in [0.2, 0.25) is 5.02 Å².